The Labute approximate surface area is 172 Å². The molecule has 0 unspecified atom stereocenters. The zero-order valence-corrected chi connectivity index (χ0v) is 17.2. The first-order valence-corrected chi connectivity index (χ1v) is 10.2. The van der Waals surface area contributed by atoms with E-state index in [1.807, 2.05) is 12.1 Å². The van der Waals surface area contributed by atoms with E-state index in [9.17, 15) is 9.90 Å². The number of carboxylic acids is 1. The van der Waals surface area contributed by atoms with Crippen LogP contribution in [0.3, 0.4) is 0 Å². The molecule has 2 heterocycles. The Morgan fingerprint density at radius 3 is 2.63 bits per heavy atom. The summed E-state index contributed by atoms with van der Waals surface area (Å²) in [5.41, 5.74) is 3.37. The predicted octanol–water partition coefficient (Wildman–Crippen LogP) is 5.47. The predicted molar refractivity (Wildman–Crippen MR) is 108 cm³/mol. The van der Waals surface area contributed by atoms with E-state index in [2.05, 4.69) is 49.3 Å². The molecule has 1 aliphatic carbocycles. The normalized spacial score (nSPS) is 24.3. The molecule has 0 radical (unpaired) electrons. The van der Waals surface area contributed by atoms with Gasteiger partial charge in [0.1, 0.15) is 0 Å². The zero-order valence-electron chi connectivity index (χ0n) is 14.0. The second kappa shape index (κ2) is 6.27. The number of anilines is 1. The highest BCUT2D eigenvalue weighted by molar-refractivity contribution is 9.11. The number of carboxylic acid groups (broad SMARTS) is 1. The third kappa shape index (κ3) is 2.67. The Kier molecular flexibility index (Phi) is 3.98. The summed E-state index contributed by atoms with van der Waals surface area (Å²) in [6.45, 7) is 0.239. The van der Waals surface area contributed by atoms with Crippen molar-refractivity contribution in [3.05, 3.63) is 62.1 Å². The highest BCUT2D eigenvalue weighted by atomic mass is 79.9. The van der Waals surface area contributed by atoms with Crippen LogP contribution in [0.5, 0.6) is 11.5 Å². The van der Waals surface area contributed by atoms with Crippen molar-refractivity contribution >= 4 is 43.5 Å². The van der Waals surface area contributed by atoms with Crippen LogP contribution < -0.4 is 14.8 Å². The second-order valence-corrected chi connectivity index (χ2v) is 8.64. The fourth-order valence-electron chi connectivity index (χ4n) is 4.26. The summed E-state index contributed by atoms with van der Waals surface area (Å²) in [5, 5.41) is 13.1. The topological polar surface area (TPSA) is 67.8 Å². The number of fused-ring (bicyclic) bond motifs is 4. The van der Waals surface area contributed by atoms with E-state index in [0.717, 1.165) is 43.7 Å². The largest absolute Gasteiger partial charge is 0.478 e. The molecule has 5 rings (SSSR count). The molecule has 2 N–H and O–H groups in total. The van der Waals surface area contributed by atoms with Crippen LogP contribution in [-0.4, -0.2) is 17.9 Å². The monoisotopic (exact) mass is 491 g/mol. The van der Waals surface area contributed by atoms with Crippen LogP contribution >= 0.6 is 31.9 Å². The molecule has 0 fully saturated rings. The first-order chi connectivity index (χ1) is 13.0. The molecule has 0 bridgehead atoms. The number of halogens is 2. The van der Waals surface area contributed by atoms with Gasteiger partial charge in [-0.3, -0.25) is 0 Å². The number of hydrogen-bond donors (Lipinski definition) is 2. The Morgan fingerprint density at radius 1 is 1.07 bits per heavy atom. The second-order valence-electron chi connectivity index (χ2n) is 6.93. The van der Waals surface area contributed by atoms with Crippen molar-refractivity contribution in [2.45, 2.75) is 18.4 Å². The molecule has 2 aromatic carbocycles. The maximum absolute atomic E-state index is 11.5. The third-order valence-corrected chi connectivity index (χ3v) is 6.81. The number of nitrogens with one attached hydrogen (secondary N) is 1. The number of ether oxygens (including phenoxy) is 2. The molecule has 3 aliphatic rings. The van der Waals surface area contributed by atoms with Crippen molar-refractivity contribution in [2.75, 3.05) is 12.1 Å². The minimum absolute atomic E-state index is 0.0633. The van der Waals surface area contributed by atoms with Crippen molar-refractivity contribution in [3.8, 4) is 11.5 Å². The van der Waals surface area contributed by atoms with Crippen LogP contribution in [0.25, 0.3) is 0 Å². The zero-order chi connectivity index (χ0) is 18.7. The van der Waals surface area contributed by atoms with Gasteiger partial charge in [-0.25, -0.2) is 4.79 Å². The smallest absolute Gasteiger partial charge is 0.335 e. The summed E-state index contributed by atoms with van der Waals surface area (Å²) < 4.78 is 12.8. The van der Waals surface area contributed by atoms with Gasteiger partial charge >= 0.3 is 5.97 Å². The number of benzene rings is 2. The first-order valence-electron chi connectivity index (χ1n) is 8.62. The molecule has 138 valence electrons. The molecular weight excluding hydrogens is 478 g/mol. The van der Waals surface area contributed by atoms with Crippen LogP contribution in [0.4, 0.5) is 5.69 Å². The van der Waals surface area contributed by atoms with E-state index in [1.54, 1.807) is 12.1 Å². The minimum atomic E-state index is -0.919. The number of carbonyl (C=O) groups is 1. The van der Waals surface area contributed by atoms with Gasteiger partial charge in [0.2, 0.25) is 6.79 Å². The lowest BCUT2D eigenvalue weighted by molar-refractivity contribution is 0.0696. The highest BCUT2D eigenvalue weighted by Gasteiger charge is 2.40. The van der Waals surface area contributed by atoms with Crippen molar-refractivity contribution in [1.82, 2.24) is 0 Å². The Bertz CT molecular complexity index is 1000. The molecule has 0 amide bonds. The van der Waals surface area contributed by atoms with Gasteiger partial charge < -0.3 is 19.9 Å². The van der Waals surface area contributed by atoms with Gasteiger partial charge in [-0.1, -0.05) is 28.1 Å². The third-order valence-electron chi connectivity index (χ3n) is 5.49. The van der Waals surface area contributed by atoms with E-state index < -0.39 is 5.97 Å². The standard InChI is InChI=1S/C20H15Br2NO4/c21-14-7-17-16(26-8-27-17)6-13(14)18-11-3-1-2-10(11)12-4-9(20(24)25)5-15(22)19(12)23-18/h1-2,4-7,10-11,18,23H,3,8H2,(H,24,25)/t10-,11+,18+/m1/s1. The Hall–Kier alpha value is -1.99. The number of aromatic carboxylic acids is 1. The lowest BCUT2D eigenvalue weighted by atomic mass is 9.76. The van der Waals surface area contributed by atoms with Crippen LogP contribution in [0, 0.1) is 5.92 Å². The summed E-state index contributed by atoms with van der Waals surface area (Å²) in [5.74, 6) is 1.04. The summed E-state index contributed by atoms with van der Waals surface area (Å²) in [6, 6.07) is 7.49. The minimum Gasteiger partial charge on any atom is -0.478 e. The summed E-state index contributed by atoms with van der Waals surface area (Å²) in [7, 11) is 0. The SMILES string of the molecule is O=C(O)c1cc(Br)c2c(c1)[C@@H]1C=CC[C@@H]1[C@@H](c1cc3c(cc1Br)OCO3)N2. The van der Waals surface area contributed by atoms with Crippen LogP contribution in [0.15, 0.2) is 45.4 Å². The van der Waals surface area contributed by atoms with Gasteiger partial charge in [-0.05, 0) is 63.7 Å². The number of hydrogen-bond acceptors (Lipinski definition) is 4. The van der Waals surface area contributed by atoms with Crippen molar-refractivity contribution in [1.29, 1.82) is 0 Å². The molecule has 3 atom stereocenters. The van der Waals surface area contributed by atoms with Gasteiger partial charge in [-0.15, -0.1) is 0 Å². The average molecular weight is 493 g/mol. The molecule has 0 aromatic heterocycles. The van der Waals surface area contributed by atoms with Crippen molar-refractivity contribution in [2.24, 2.45) is 5.92 Å². The molecule has 5 nitrogen and oxygen atoms in total. The molecule has 2 aliphatic heterocycles. The van der Waals surface area contributed by atoms with E-state index >= 15 is 0 Å². The lowest BCUT2D eigenvalue weighted by Crippen LogP contribution is -2.30. The molecule has 2 aromatic rings. The fraction of sp³-hybridized carbons (Fsp3) is 0.250. The molecule has 0 saturated carbocycles. The van der Waals surface area contributed by atoms with Gasteiger partial charge in [0.25, 0.3) is 0 Å². The molecule has 0 spiro atoms. The van der Waals surface area contributed by atoms with Crippen LogP contribution in [-0.2, 0) is 0 Å². The van der Waals surface area contributed by atoms with E-state index in [1.165, 1.54) is 0 Å². The Balaban J connectivity index is 1.63. The van der Waals surface area contributed by atoms with Gasteiger partial charge in [0.15, 0.2) is 11.5 Å². The van der Waals surface area contributed by atoms with Crippen LogP contribution in [0.2, 0.25) is 0 Å². The maximum Gasteiger partial charge on any atom is 0.335 e. The molecule has 0 saturated heterocycles. The van der Waals surface area contributed by atoms with Gasteiger partial charge in [0.05, 0.1) is 17.3 Å². The van der Waals surface area contributed by atoms with E-state index in [-0.39, 0.29) is 18.8 Å². The first kappa shape index (κ1) is 17.1. The summed E-state index contributed by atoms with van der Waals surface area (Å²) in [4.78, 5) is 11.5. The quantitative estimate of drug-likeness (QED) is 0.544. The fourth-order valence-corrected chi connectivity index (χ4v) is 5.42. The van der Waals surface area contributed by atoms with Gasteiger partial charge in [-0.2, -0.15) is 0 Å². The average Bonchev–Trinajstić information content (AvgIpc) is 3.29. The van der Waals surface area contributed by atoms with Crippen LogP contribution in [0.1, 0.15) is 39.9 Å². The van der Waals surface area contributed by atoms with Crippen molar-refractivity contribution < 1.29 is 19.4 Å². The van der Waals surface area contributed by atoms with E-state index in [0.29, 0.717) is 11.5 Å². The molecule has 7 heteroatoms. The summed E-state index contributed by atoms with van der Waals surface area (Å²) in [6.07, 6.45) is 5.30. The van der Waals surface area contributed by atoms with Crippen molar-refractivity contribution in [3.63, 3.8) is 0 Å². The Morgan fingerprint density at radius 2 is 1.85 bits per heavy atom. The van der Waals surface area contributed by atoms with E-state index in [4.69, 9.17) is 9.47 Å². The lowest BCUT2D eigenvalue weighted by Gasteiger charge is -2.38. The highest BCUT2D eigenvalue weighted by Crippen LogP contribution is 2.53. The number of rotatable bonds is 2. The number of allylic oxidation sites excluding steroid dienone is 2. The van der Waals surface area contributed by atoms with Gasteiger partial charge in [0, 0.05) is 14.9 Å². The summed E-state index contributed by atoms with van der Waals surface area (Å²) >= 11 is 7.25. The maximum atomic E-state index is 11.5. The molecule has 27 heavy (non-hydrogen) atoms. The molecular formula is C20H15Br2NO4.